The standard InChI is InChI=1S/C27H28N6/c28-15-24-29-12-8-23(32-24)31-21-9-13-33(14-10-21)19-26-16-27(17-26,18-26)25-22(7-4-11-30-25)20-5-2-1-3-6-20/h1-8,11-12,21H,9-10,13-14,16-19H2,(H,29,31,32). The van der Waals surface area contributed by atoms with Gasteiger partial charge in [-0.25, -0.2) is 9.97 Å². The third-order valence-electron chi connectivity index (χ3n) is 7.79. The molecule has 0 unspecified atom stereocenters. The van der Waals surface area contributed by atoms with Gasteiger partial charge in [0.05, 0.1) is 5.69 Å². The third kappa shape index (κ3) is 3.67. The number of piperidine rings is 1. The van der Waals surface area contributed by atoms with Gasteiger partial charge in [0.2, 0.25) is 5.82 Å². The summed E-state index contributed by atoms with van der Waals surface area (Å²) in [5.41, 5.74) is 4.67. The molecule has 0 spiro atoms. The minimum atomic E-state index is 0.221. The molecule has 0 amide bonds. The highest BCUT2D eigenvalue weighted by Crippen LogP contribution is 2.74. The summed E-state index contributed by atoms with van der Waals surface area (Å²) in [5.74, 6) is 0.976. The lowest BCUT2D eigenvalue weighted by Gasteiger charge is -2.72. The van der Waals surface area contributed by atoms with E-state index in [4.69, 9.17) is 10.2 Å². The van der Waals surface area contributed by atoms with Crippen molar-refractivity contribution in [3.8, 4) is 17.2 Å². The molecule has 0 radical (unpaired) electrons. The number of hydrogen-bond donors (Lipinski definition) is 1. The maximum absolute atomic E-state index is 8.99. The molecule has 3 aliphatic carbocycles. The Hall–Kier alpha value is -3.30. The molecule has 6 nitrogen and oxygen atoms in total. The van der Waals surface area contributed by atoms with E-state index in [-0.39, 0.29) is 11.2 Å². The van der Waals surface area contributed by atoms with Crippen LogP contribution in [0.1, 0.15) is 43.6 Å². The van der Waals surface area contributed by atoms with Crippen LogP contribution < -0.4 is 5.32 Å². The predicted molar refractivity (Wildman–Crippen MR) is 127 cm³/mol. The number of aromatic nitrogens is 3. The second kappa shape index (κ2) is 7.93. The summed E-state index contributed by atoms with van der Waals surface area (Å²) < 4.78 is 0. The van der Waals surface area contributed by atoms with Crippen molar-refractivity contribution in [1.29, 1.82) is 5.26 Å². The predicted octanol–water partition coefficient (Wildman–Crippen LogP) is 4.41. The molecule has 3 aromatic rings. The van der Waals surface area contributed by atoms with Crippen molar-refractivity contribution in [2.24, 2.45) is 5.41 Å². The fourth-order valence-electron chi connectivity index (χ4n) is 6.51. The SMILES string of the molecule is N#Cc1nccc(NC2CCN(CC34CC(c5ncccc5-c5ccccc5)(C3)C4)CC2)n1. The van der Waals surface area contributed by atoms with Gasteiger partial charge >= 0.3 is 0 Å². The van der Waals surface area contributed by atoms with Gasteiger partial charge < -0.3 is 10.2 Å². The Morgan fingerprint density at radius 1 is 0.970 bits per heavy atom. The van der Waals surface area contributed by atoms with Crippen LogP contribution in [0, 0.1) is 16.7 Å². The van der Waals surface area contributed by atoms with E-state index in [9.17, 15) is 0 Å². The van der Waals surface area contributed by atoms with Gasteiger partial charge in [0.15, 0.2) is 0 Å². The van der Waals surface area contributed by atoms with Crippen LogP contribution in [0.5, 0.6) is 0 Å². The second-order valence-electron chi connectivity index (χ2n) is 10.1. The maximum atomic E-state index is 8.99. The third-order valence-corrected chi connectivity index (χ3v) is 7.79. The first-order valence-electron chi connectivity index (χ1n) is 11.9. The molecule has 1 aliphatic heterocycles. The molecule has 7 rings (SSSR count). The first kappa shape index (κ1) is 20.3. The molecule has 1 N–H and O–H groups in total. The van der Waals surface area contributed by atoms with Crippen LogP contribution in [0.25, 0.3) is 11.1 Å². The van der Waals surface area contributed by atoms with Crippen LogP contribution in [-0.4, -0.2) is 45.5 Å². The van der Waals surface area contributed by atoms with Crippen molar-refractivity contribution < 1.29 is 0 Å². The lowest BCUT2D eigenvalue weighted by atomic mass is 9.33. The summed E-state index contributed by atoms with van der Waals surface area (Å²) in [6, 6.07) is 19.2. The highest BCUT2D eigenvalue weighted by Gasteiger charge is 2.69. The van der Waals surface area contributed by atoms with Gasteiger partial charge in [0.25, 0.3) is 0 Å². The van der Waals surface area contributed by atoms with Crippen LogP contribution >= 0.6 is 0 Å². The minimum absolute atomic E-state index is 0.221. The van der Waals surface area contributed by atoms with Crippen LogP contribution in [0.15, 0.2) is 60.9 Å². The van der Waals surface area contributed by atoms with E-state index in [1.54, 1.807) is 6.20 Å². The molecule has 33 heavy (non-hydrogen) atoms. The van der Waals surface area contributed by atoms with E-state index in [1.165, 1.54) is 42.6 Å². The van der Waals surface area contributed by atoms with Crippen molar-refractivity contribution in [2.75, 3.05) is 25.0 Å². The van der Waals surface area contributed by atoms with Gasteiger partial charge in [-0.15, -0.1) is 0 Å². The second-order valence-corrected chi connectivity index (χ2v) is 10.1. The molecule has 4 aliphatic rings. The smallest absolute Gasteiger partial charge is 0.234 e. The number of nitrogens with one attached hydrogen (secondary N) is 1. The van der Waals surface area contributed by atoms with Crippen LogP contribution in [0.4, 0.5) is 5.82 Å². The molecule has 2 aromatic heterocycles. The lowest BCUT2D eigenvalue weighted by molar-refractivity contribution is -0.159. The fraction of sp³-hybridized carbons (Fsp3) is 0.407. The molecule has 1 saturated heterocycles. The number of hydrogen-bond acceptors (Lipinski definition) is 6. The van der Waals surface area contributed by atoms with E-state index in [1.807, 2.05) is 18.3 Å². The van der Waals surface area contributed by atoms with Crippen molar-refractivity contribution in [2.45, 2.75) is 43.6 Å². The quantitative estimate of drug-likeness (QED) is 0.617. The molecule has 6 heteroatoms. The van der Waals surface area contributed by atoms with Gasteiger partial charge in [0.1, 0.15) is 11.9 Å². The summed E-state index contributed by atoms with van der Waals surface area (Å²) in [6.07, 6.45) is 9.62. The molecule has 1 aromatic carbocycles. The van der Waals surface area contributed by atoms with Gasteiger partial charge in [-0.2, -0.15) is 5.26 Å². The largest absolute Gasteiger partial charge is 0.367 e. The number of likely N-dealkylation sites (tertiary alicyclic amines) is 1. The first-order chi connectivity index (χ1) is 16.2. The van der Waals surface area contributed by atoms with Crippen molar-refractivity contribution >= 4 is 5.82 Å². The zero-order chi connectivity index (χ0) is 22.3. The van der Waals surface area contributed by atoms with E-state index in [0.29, 0.717) is 11.5 Å². The number of rotatable bonds is 6. The Balaban J connectivity index is 1.05. The molecule has 2 bridgehead atoms. The number of benzene rings is 1. The normalized spacial score (nSPS) is 26.6. The van der Waals surface area contributed by atoms with E-state index in [2.05, 4.69) is 62.6 Å². The van der Waals surface area contributed by atoms with Crippen molar-refractivity contribution in [3.05, 3.63) is 72.4 Å². The molecule has 3 saturated carbocycles. The molecular weight excluding hydrogens is 408 g/mol. The molecule has 0 atom stereocenters. The van der Waals surface area contributed by atoms with E-state index >= 15 is 0 Å². The van der Waals surface area contributed by atoms with Gasteiger partial charge in [0, 0.05) is 49.0 Å². The van der Waals surface area contributed by atoms with E-state index < -0.39 is 0 Å². The number of nitriles is 1. The summed E-state index contributed by atoms with van der Waals surface area (Å²) in [5, 5.41) is 12.5. The van der Waals surface area contributed by atoms with E-state index in [0.717, 1.165) is 31.7 Å². The summed E-state index contributed by atoms with van der Waals surface area (Å²) >= 11 is 0. The van der Waals surface area contributed by atoms with Crippen molar-refractivity contribution in [1.82, 2.24) is 19.9 Å². The Labute approximate surface area is 194 Å². The Morgan fingerprint density at radius 2 is 1.76 bits per heavy atom. The van der Waals surface area contributed by atoms with Crippen LogP contribution in [-0.2, 0) is 5.41 Å². The Kier molecular flexibility index (Phi) is 4.88. The topological polar surface area (TPSA) is 77.7 Å². The highest BCUT2D eigenvalue weighted by atomic mass is 15.2. The first-order valence-corrected chi connectivity index (χ1v) is 11.9. The van der Waals surface area contributed by atoms with Gasteiger partial charge in [-0.3, -0.25) is 4.98 Å². The van der Waals surface area contributed by atoms with Gasteiger partial charge in [-0.05, 0) is 55.2 Å². The Bertz CT molecular complexity index is 1170. The summed E-state index contributed by atoms with van der Waals surface area (Å²) in [6.45, 7) is 3.43. The van der Waals surface area contributed by atoms with Crippen LogP contribution in [0.3, 0.4) is 0 Å². The fourth-order valence-corrected chi connectivity index (χ4v) is 6.51. The van der Waals surface area contributed by atoms with Crippen molar-refractivity contribution in [3.63, 3.8) is 0 Å². The summed E-state index contributed by atoms with van der Waals surface area (Å²) in [7, 11) is 0. The average molecular weight is 437 g/mol. The molecule has 166 valence electrons. The number of nitrogens with zero attached hydrogens (tertiary/aromatic N) is 5. The number of pyridine rings is 1. The molecule has 4 fully saturated rings. The monoisotopic (exact) mass is 436 g/mol. The maximum Gasteiger partial charge on any atom is 0.234 e. The highest BCUT2D eigenvalue weighted by molar-refractivity contribution is 5.68. The average Bonchev–Trinajstić information content (AvgIpc) is 2.82. The minimum Gasteiger partial charge on any atom is -0.367 e. The number of anilines is 1. The zero-order valence-corrected chi connectivity index (χ0v) is 18.7. The summed E-state index contributed by atoms with van der Waals surface area (Å²) in [4.78, 5) is 15.7. The lowest BCUT2D eigenvalue weighted by Crippen LogP contribution is -2.68. The van der Waals surface area contributed by atoms with Gasteiger partial charge in [-0.1, -0.05) is 36.4 Å². The molecule has 3 heterocycles. The zero-order valence-electron chi connectivity index (χ0n) is 18.7. The molecular formula is C27H28N6. The van der Waals surface area contributed by atoms with Crippen LogP contribution in [0.2, 0.25) is 0 Å². The Morgan fingerprint density at radius 3 is 2.52 bits per heavy atom.